The van der Waals surface area contributed by atoms with E-state index in [1.165, 1.54) is 23.3 Å². The molecule has 2 aromatic rings. The van der Waals surface area contributed by atoms with Gasteiger partial charge in [-0.15, -0.1) is 0 Å². The van der Waals surface area contributed by atoms with Crippen molar-refractivity contribution in [3.05, 3.63) is 59.1 Å². The maximum atomic E-state index is 12.3. The van der Waals surface area contributed by atoms with Crippen LogP contribution in [0, 0.1) is 0 Å². The minimum Gasteiger partial charge on any atom is -0.497 e. The van der Waals surface area contributed by atoms with Crippen LogP contribution in [0.15, 0.2) is 48.5 Å². The van der Waals surface area contributed by atoms with Crippen LogP contribution in [0.1, 0.15) is 18.4 Å². The van der Waals surface area contributed by atoms with Crippen LogP contribution in [0.2, 0.25) is 5.02 Å². The van der Waals surface area contributed by atoms with Crippen LogP contribution in [0.25, 0.3) is 0 Å². The lowest BCUT2D eigenvalue weighted by atomic mass is 10.2. The number of rotatable bonds is 10. The van der Waals surface area contributed by atoms with Crippen LogP contribution in [-0.4, -0.2) is 38.8 Å². The summed E-state index contributed by atoms with van der Waals surface area (Å²) >= 11 is 5.85. The molecular weight excluding hydrogens is 364 g/mol. The highest BCUT2D eigenvalue weighted by molar-refractivity contribution is 6.30. The van der Waals surface area contributed by atoms with Gasteiger partial charge in [0, 0.05) is 23.4 Å². The summed E-state index contributed by atoms with van der Waals surface area (Å²) in [5.41, 5.74) is 1.22. The van der Waals surface area contributed by atoms with E-state index in [1.54, 1.807) is 19.2 Å². The van der Waals surface area contributed by atoms with Crippen LogP contribution >= 0.6 is 11.6 Å². The summed E-state index contributed by atoms with van der Waals surface area (Å²) in [5, 5.41) is 3.63. The Balaban J connectivity index is 1.41. The third-order valence-electron chi connectivity index (χ3n) is 4.64. The molecule has 27 heavy (non-hydrogen) atoms. The first-order chi connectivity index (χ1) is 13.1. The molecule has 0 saturated heterocycles. The predicted molar refractivity (Wildman–Crippen MR) is 106 cm³/mol. The van der Waals surface area contributed by atoms with Crippen molar-refractivity contribution in [1.82, 2.24) is 5.32 Å². The van der Waals surface area contributed by atoms with Crippen molar-refractivity contribution in [3.63, 3.8) is 0 Å². The number of nitrogens with one attached hydrogen (secondary N) is 2. The maximum Gasteiger partial charge on any atom is 0.275 e. The Kier molecular flexibility index (Phi) is 6.96. The summed E-state index contributed by atoms with van der Waals surface area (Å²) in [5.74, 6) is 1.66. The number of carbonyl (C=O) groups is 1. The first-order valence-corrected chi connectivity index (χ1v) is 9.64. The van der Waals surface area contributed by atoms with Crippen LogP contribution in [0.4, 0.5) is 0 Å². The van der Waals surface area contributed by atoms with E-state index < -0.39 is 0 Å². The second kappa shape index (κ2) is 9.62. The smallest absolute Gasteiger partial charge is 0.275 e. The Morgan fingerprint density at radius 3 is 2.41 bits per heavy atom. The summed E-state index contributed by atoms with van der Waals surface area (Å²) in [6.07, 6.45) is 2.39. The molecule has 2 aromatic carbocycles. The predicted octanol–water partition coefficient (Wildman–Crippen LogP) is 2.09. The standard InChI is InChI=1S/C21H25ClN2O3/c1-26-19-8-2-16(3-9-19)14-24(18-6-7-18)15-21(25)23-12-13-27-20-10-4-17(22)5-11-20/h2-5,8-11,18H,6-7,12-15H2,1H3,(H,23,25)/p+1. The molecule has 1 aliphatic rings. The molecule has 0 heterocycles. The van der Waals surface area contributed by atoms with E-state index in [-0.39, 0.29) is 5.91 Å². The SMILES string of the molecule is COc1ccc(C[NH+](CC(=O)NCCOc2ccc(Cl)cc2)C2CC2)cc1. The van der Waals surface area contributed by atoms with Gasteiger partial charge in [0.25, 0.3) is 5.91 Å². The monoisotopic (exact) mass is 389 g/mol. The summed E-state index contributed by atoms with van der Waals surface area (Å²) in [6, 6.07) is 15.9. The summed E-state index contributed by atoms with van der Waals surface area (Å²) in [7, 11) is 1.66. The normalized spacial score (nSPS) is 14.4. The molecule has 0 spiro atoms. The first-order valence-electron chi connectivity index (χ1n) is 9.26. The first kappa shape index (κ1) is 19.5. The maximum absolute atomic E-state index is 12.3. The van der Waals surface area contributed by atoms with Crippen molar-refractivity contribution < 1.29 is 19.2 Å². The number of benzene rings is 2. The quantitative estimate of drug-likeness (QED) is 0.612. The van der Waals surface area contributed by atoms with Gasteiger partial charge in [-0.25, -0.2) is 0 Å². The Hall–Kier alpha value is -2.24. The van der Waals surface area contributed by atoms with Crippen LogP contribution < -0.4 is 19.7 Å². The molecular formula is C21H26ClN2O3+. The number of hydrogen-bond acceptors (Lipinski definition) is 3. The van der Waals surface area contributed by atoms with Gasteiger partial charge in [-0.3, -0.25) is 4.79 Å². The van der Waals surface area contributed by atoms with Crippen LogP contribution in [-0.2, 0) is 11.3 Å². The minimum absolute atomic E-state index is 0.0603. The van der Waals surface area contributed by atoms with E-state index in [4.69, 9.17) is 21.1 Å². The number of quaternary nitrogens is 1. The van der Waals surface area contributed by atoms with E-state index in [0.29, 0.717) is 30.8 Å². The molecule has 0 aliphatic heterocycles. The fraction of sp³-hybridized carbons (Fsp3) is 0.381. The molecule has 3 rings (SSSR count). The van der Waals surface area contributed by atoms with E-state index >= 15 is 0 Å². The van der Waals surface area contributed by atoms with E-state index in [2.05, 4.69) is 17.4 Å². The second-order valence-corrected chi connectivity index (χ2v) is 7.22. The fourth-order valence-corrected chi connectivity index (χ4v) is 3.13. The largest absolute Gasteiger partial charge is 0.497 e. The number of halogens is 1. The molecule has 1 fully saturated rings. The lowest BCUT2D eigenvalue weighted by molar-refractivity contribution is -0.917. The summed E-state index contributed by atoms with van der Waals surface area (Å²) in [6.45, 7) is 2.26. The number of hydrogen-bond donors (Lipinski definition) is 2. The molecule has 5 nitrogen and oxygen atoms in total. The highest BCUT2D eigenvalue weighted by Gasteiger charge is 2.34. The van der Waals surface area contributed by atoms with Gasteiger partial charge in [0.05, 0.1) is 19.7 Å². The van der Waals surface area contributed by atoms with Gasteiger partial charge in [-0.05, 0) is 48.5 Å². The number of amides is 1. The molecule has 0 bridgehead atoms. The average molecular weight is 390 g/mol. The van der Waals surface area contributed by atoms with Crippen molar-refractivity contribution in [2.75, 3.05) is 26.8 Å². The third-order valence-corrected chi connectivity index (χ3v) is 4.89. The van der Waals surface area contributed by atoms with Crippen molar-refractivity contribution in [2.24, 2.45) is 0 Å². The average Bonchev–Trinajstić information content (AvgIpc) is 3.52. The molecule has 1 aliphatic carbocycles. The van der Waals surface area contributed by atoms with E-state index in [0.717, 1.165) is 18.0 Å². The topological polar surface area (TPSA) is 52.0 Å². The zero-order valence-electron chi connectivity index (χ0n) is 15.5. The van der Waals surface area contributed by atoms with Gasteiger partial charge in [-0.2, -0.15) is 0 Å². The molecule has 1 unspecified atom stereocenters. The molecule has 1 saturated carbocycles. The lowest BCUT2D eigenvalue weighted by Gasteiger charge is -2.19. The van der Waals surface area contributed by atoms with E-state index in [1.807, 2.05) is 24.3 Å². The zero-order valence-corrected chi connectivity index (χ0v) is 16.3. The van der Waals surface area contributed by atoms with E-state index in [9.17, 15) is 4.79 Å². The fourth-order valence-electron chi connectivity index (χ4n) is 3.01. The Morgan fingerprint density at radius 1 is 1.11 bits per heavy atom. The Labute approximate surface area is 165 Å². The molecule has 0 radical (unpaired) electrons. The van der Waals surface area contributed by atoms with Crippen LogP contribution in [0.5, 0.6) is 11.5 Å². The molecule has 2 N–H and O–H groups in total. The molecule has 6 heteroatoms. The van der Waals surface area contributed by atoms with Crippen molar-refractivity contribution >= 4 is 17.5 Å². The number of ether oxygens (including phenoxy) is 2. The number of methoxy groups -OCH3 is 1. The molecule has 0 aromatic heterocycles. The van der Waals surface area contributed by atoms with Gasteiger partial charge in [0.1, 0.15) is 24.7 Å². The molecule has 144 valence electrons. The van der Waals surface area contributed by atoms with Crippen molar-refractivity contribution in [1.29, 1.82) is 0 Å². The molecule has 1 amide bonds. The minimum atomic E-state index is 0.0603. The zero-order chi connectivity index (χ0) is 19.1. The van der Waals surface area contributed by atoms with Crippen molar-refractivity contribution in [2.45, 2.75) is 25.4 Å². The Morgan fingerprint density at radius 2 is 1.78 bits per heavy atom. The second-order valence-electron chi connectivity index (χ2n) is 6.79. The van der Waals surface area contributed by atoms with Gasteiger partial charge >= 0.3 is 0 Å². The van der Waals surface area contributed by atoms with Crippen LogP contribution in [0.3, 0.4) is 0 Å². The highest BCUT2D eigenvalue weighted by atomic mass is 35.5. The third kappa shape index (κ3) is 6.45. The van der Waals surface area contributed by atoms with Gasteiger partial charge in [0.15, 0.2) is 6.54 Å². The molecule has 1 atom stereocenters. The number of carbonyl (C=O) groups excluding carboxylic acids is 1. The summed E-state index contributed by atoms with van der Waals surface area (Å²) in [4.78, 5) is 13.6. The van der Waals surface area contributed by atoms with Gasteiger partial charge in [-0.1, -0.05) is 11.6 Å². The Bertz CT molecular complexity index is 730. The highest BCUT2D eigenvalue weighted by Crippen LogP contribution is 2.17. The van der Waals surface area contributed by atoms with Crippen molar-refractivity contribution in [3.8, 4) is 11.5 Å². The van der Waals surface area contributed by atoms with Gasteiger partial charge < -0.3 is 19.7 Å². The van der Waals surface area contributed by atoms with Gasteiger partial charge in [0.2, 0.25) is 0 Å². The summed E-state index contributed by atoms with van der Waals surface area (Å²) < 4.78 is 10.8. The lowest BCUT2D eigenvalue weighted by Crippen LogP contribution is -3.13.